The summed E-state index contributed by atoms with van der Waals surface area (Å²) in [7, 11) is 0. The van der Waals surface area contributed by atoms with Gasteiger partial charge in [-0.3, -0.25) is 4.79 Å². The van der Waals surface area contributed by atoms with Crippen molar-refractivity contribution < 1.29 is 9.90 Å². The zero-order valence-electron chi connectivity index (χ0n) is 16.9. The summed E-state index contributed by atoms with van der Waals surface area (Å²) in [6, 6.07) is 3.32. The Hall–Kier alpha value is -2.74. The van der Waals surface area contributed by atoms with Crippen LogP contribution in [-0.2, 0) is 6.42 Å². The number of nitrogens with zero attached hydrogens (tertiary/aromatic N) is 4. The molecule has 1 atom stereocenters. The number of carbonyl (C=O) groups excluding carboxylic acids is 1. The largest absolute Gasteiger partial charge is 0.393 e. The molecule has 1 aliphatic carbocycles. The Morgan fingerprint density at radius 2 is 2.07 bits per heavy atom. The summed E-state index contributed by atoms with van der Waals surface area (Å²) < 4.78 is 0. The Kier molecular flexibility index (Phi) is 5.12. The summed E-state index contributed by atoms with van der Waals surface area (Å²) >= 11 is 0. The van der Waals surface area contributed by atoms with Gasteiger partial charge in [0.15, 0.2) is 0 Å². The van der Waals surface area contributed by atoms with E-state index in [2.05, 4.69) is 34.0 Å². The number of pyridine rings is 1. The van der Waals surface area contributed by atoms with Crippen molar-refractivity contribution in [3.05, 3.63) is 41.3 Å². The van der Waals surface area contributed by atoms with Crippen molar-refractivity contribution in [3.63, 3.8) is 0 Å². The summed E-state index contributed by atoms with van der Waals surface area (Å²) in [6.07, 6.45) is 6.52. The lowest BCUT2D eigenvalue weighted by molar-refractivity contribution is 0.100. The van der Waals surface area contributed by atoms with E-state index < -0.39 is 5.91 Å². The number of fused-ring (bicyclic) bond motifs is 1. The van der Waals surface area contributed by atoms with E-state index in [1.54, 1.807) is 18.3 Å². The number of hydrogen-bond donors (Lipinski definition) is 3. The molecule has 2 aromatic heterocycles. The lowest BCUT2D eigenvalue weighted by atomic mass is 9.74. The number of aromatic nitrogens is 3. The maximum absolute atomic E-state index is 11.8. The van der Waals surface area contributed by atoms with Crippen molar-refractivity contribution in [2.75, 3.05) is 23.3 Å². The van der Waals surface area contributed by atoms with Crippen LogP contribution in [0.15, 0.2) is 24.5 Å². The van der Waals surface area contributed by atoms with Crippen LogP contribution in [0, 0.1) is 5.41 Å². The number of aliphatic hydroxyl groups excluding tert-OH is 1. The Balaban J connectivity index is 1.64. The second kappa shape index (κ2) is 7.59. The molecule has 0 radical (unpaired) electrons. The molecular formula is C21H28N6O2. The maximum atomic E-state index is 11.8. The molecule has 0 saturated carbocycles. The first-order chi connectivity index (χ1) is 13.8. The number of anilines is 2. The van der Waals surface area contributed by atoms with Crippen LogP contribution >= 0.6 is 0 Å². The second-order valence-corrected chi connectivity index (χ2v) is 8.80. The van der Waals surface area contributed by atoms with E-state index in [4.69, 9.17) is 10.7 Å². The fourth-order valence-corrected chi connectivity index (χ4v) is 4.27. The van der Waals surface area contributed by atoms with E-state index >= 15 is 0 Å². The highest BCUT2D eigenvalue weighted by molar-refractivity contribution is 5.97. The minimum Gasteiger partial charge on any atom is -0.393 e. The predicted octanol–water partition coefficient (Wildman–Crippen LogP) is 2.06. The Labute approximate surface area is 170 Å². The van der Waals surface area contributed by atoms with Crippen molar-refractivity contribution in [3.8, 4) is 0 Å². The molecule has 0 aromatic carbocycles. The third-order valence-corrected chi connectivity index (χ3v) is 5.80. The van der Waals surface area contributed by atoms with Crippen molar-refractivity contribution in [2.24, 2.45) is 11.1 Å². The third-order valence-electron chi connectivity index (χ3n) is 5.80. The number of hydrogen-bond acceptors (Lipinski definition) is 7. The van der Waals surface area contributed by atoms with E-state index in [0.717, 1.165) is 56.0 Å². The lowest BCUT2D eigenvalue weighted by Gasteiger charge is -2.37. The molecule has 154 valence electrons. The lowest BCUT2D eigenvalue weighted by Crippen LogP contribution is -2.38. The smallest absolute Gasteiger partial charge is 0.252 e. The van der Waals surface area contributed by atoms with Gasteiger partial charge < -0.3 is 21.1 Å². The molecule has 2 aromatic rings. The highest BCUT2D eigenvalue weighted by Gasteiger charge is 2.35. The van der Waals surface area contributed by atoms with Crippen LogP contribution in [0.3, 0.4) is 0 Å². The molecule has 29 heavy (non-hydrogen) atoms. The summed E-state index contributed by atoms with van der Waals surface area (Å²) in [4.78, 5) is 27.7. The van der Waals surface area contributed by atoms with Crippen LogP contribution < -0.4 is 16.0 Å². The van der Waals surface area contributed by atoms with Gasteiger partial charge in [-0.05, 0) is 43.2 Å². The molecule has 8 heteroatoms. The number of aliphatic hydroxyl groups is 1. The molecule has 8 nitrogen and oxygen atoms in total. The van der Waals surface area contributed by atoms with E-state index in [1.165, 1.54) is 0 Å². The SMILES string of the molecule is CC1(C)Cc2nc(N3CCC(O)CC3)ncc2C(Nc2ncccc2C(N)=O)C1. The van der Waals surface area contributed by atoms with Gasteiger partial charge in [-0.15, -0.1) is 0 Å². The number of piperidine rings is 1. The fourth-order valence-electron chi connectivity index (χ4n) is 4.27. The minimum atomic E-state index is -0.505. The number of primary amides is 1. The van der Waals surface area contributed by atoms with Crippen LogP contribution in [0.5, 0.6) is 0 Å². The molecule has 1 saturated heterocycles. The molecule has 0 spiro atoms. The molecule has 1 unspecified atom stereocenters. The van der Waals surface area contributed by atoms with Crippen LogP contribution in [-0.4, -0.2) is 45.2 Å². The van der Waals surface area contributed by atoms with Crippen molar-refractivity contribution in [2.45, 2.75) is 51.7 Å². The Bertz CT molecular complexity index is 908. The van der Waals surface area contributed by atoms with Gasteiger partial charge in [0, 0.05) is 31.0 Å². The maximum Gasteiger partial charge on any atom is 0.252 e. The molecule has 3 heterocycles. The molecule has 1 amide bonds. The van der Waals surface area contributed by atoms with Gasteiger partial charge in [0.1, 0.15) is 5.82 Å². The van der Waals surface area contributed by atoms with E-state index in [9.17, 15) is 9.90 Å². The molecular weight excluding hydrogens is 368 g/mol. The number of amides is 1. The number of nitrogens with one attached hydrogen (secondary N) is 1. The van der Waals surface area contributed by atoms with E-state index in [-0.39, 0.29) is 17.6 Å². The monoisotopic (exact) mass is 396 g/mol. The van der Waals surface area contributed by atoms with Gasteiger partial charge in [0.2, 0.25) is 5.95 Å². The van der Waals surface area contributed by atoms with Crippen LogP contribution in [0.25, 0.3) is 0 Å². The summed E-state index contributed by atoms with van der Waals surface area (Å²) in [5, 5.41) is 13.2. The zero-order valence-corrected chi connectivity index (χ0v) is 16.9. The van der Waals surface area contributed by atoms with Gasteiger partial charge in [-0.2, -0.15) is 0 Å². The van der Waals surface area contributed by atoms with Crippen molar-refractivity contribution >= 4 is 17.7 Å². The average Bonchev–Trinajstić information content (AvgIpc) is 2.67. The van der Waals surface area contributed by atoms with Crippen molar-refractivity contribution in [1.29, 1.82) is 0 Å². The molecule has 2 aliphatic rings. The van der Waals surface area contributed by atoms with Crippen LogP contribution in [0.1, 0.15) is 60.8 Å². The molecule has 1 fully saturated rings. The van der Waals surface area contributed by atoms with Gasteiger partial charge >= 0.3 is 0 Å². The molecule has 1 aliphatic heterocycles. The standard InChI is InChI=1S/C21H28N6O2/c1-21(2)10-16(25-19-14(18(22)29)4-3-7-23-19)15-12-24-20(26-17(15)11-21)27-8-5-13(28)6-9-27/h3-4,7,12-13,16,28H,5-6,8-11H2,1-2H3,(H2,22,29)(H,23,25). The van der Waals surface area contributed by atoms with Crippen LogP contribution in [0.4, 0.5) is 11.8 Å². The van der Waals surface area contributed by atoms with E-state index in [1.807, 2.05) is 6.20 Å². The third kappa shape index (κ3) is 4.17. The minimum absolute atomic E-state index is 0.0377. The summed E-state index contributed by atoms with van der Waals surface area (Å²) in [6.45, 7) is 5.97. The van der Waals surface area contributed by atoms with Gasteiger partial charge in [-0.25, -0.2) is 15.0 Å². The number of rotatable bonds is 4. The number of carbonyl (C=O) groups is 1. The molecule has 4 rings (SSSR count). The molecule has 0 bridgehead atoms. The Morgan fingerprint density at radius 1 is 1.31 bits per heavy atom. The number of nitrogens with two attached hydrogens (primary N) is 1. The predicted molar refractivity (Wildman–Crippen MR) is 111 cm³/mol. The first-order valence-corrected chi connectivity index (χ1v) is 10.1. The van der Waals surface area contributed by atoms with Crippen LogP contribution in [0.2, 0.25) is 0 Å². The highest BCUT2D eigenvalue weighted by atomic mass is 16.3. The fraction of sp³-hybridized carbons (Fsp3) is 0.524. The average molecular weight is 396 g/mol. The Morgan fingerprint density at radius 3 is 2.79 bits per heavy atom. The van der Waals surface area contributed by atoms with Crippen molar-refractivity contribution in [1.82, 2.24) is 15.0 Å². The van der Waals surface area contributed by atoms with E-state index in [0.29, 0.717) is 11.4 Å². The topological polar surface area (TPSA) is 117 Å². The van der Waals surface area contributed by atoms with Gasteiger partial charge in [-0.1, -0.05) is 13.8 Å². The molecule has 4 N–H and O–H groups in total. The second-order valence-electron chi connectivity index (χ2n) is 8.80. The summed E-state index contributed by atoms with van der Waals surface area (Å²) in [5.41, 5.74) is 7.98. The van der Waals surface area contributed by atoms with Gasteiger partial charge in [0.05, 0.1) is 23.4 Å². The zero-order chi connectivity index (χ0) is 20.6. The highest BCUT2D eigenvalue weighted by Crippen LogP contribution is 2.42. The quantitative estimate of drug-likeness (QED) is 0.724. The van der Waals surface area contributed by atoms with Gasteiger partial charge in [0.25, 0.3) is 5.91 Å². The summed E-state index contributed by atoms with van der Waals surface area (Å²) in [5.74, 6) is 0.709. The normalized spacial score (nSPS) is 21.5. The first kappa shape index (κ1) is 19.6. The first-order valence-electron chi connectivity index (χ1n) is 10.1.